The molecule has 1 aliphatic heterocycles. The molecular weight excluding hydrogens is 606 g/mol. The summed E-state index contributed by atoms with van der Waals surface area (Å²) in [5.41, 5.74) is 9.30. The van der Waals surface area contributed by atoms with E-state index in [2.05, 4.69) is 53.0 Å². The van der Waals surface area contributed by atoms with E-state index in [1.165, 1.54) is 12.7 Å². The molecule has 4 aromatic rings. The van der Waals surface area contributed by atoms with Crippen LogP contribution in [-0.2, 0) is 15.1 Å². The number of fused-ring (bicyclic) bond motifs is 1. The number of carbonyl (C=O) groups excluding carboxylic acids is 1. The highest BCUT2D eigenvalue weighted by atomic mass is 16.6. The third-order valence-corrected chi connectivity index (χ3v) is 7.55. The Kier molecular flexibility index (Phi) is 11.6. The van der Waals surface area contributed by atoms with Gasteiger partial charge in [0.15, 0.2) is 17.2 Å². The molecule has 0 unspecified atom stereocenters. The molecule has 4 aromatic heterocycles. The Morgan fingerprint density at radius 3 is 2.30 bits per heavy atom. The van der Waals surface area contributed by atoms with Crippen LogP contribution in [0.1, 0.15) is 65.6 Å². The monoisotopic (exact) mass is 651 g/mol. The number of carbonyl (C=O) groups is 2. The molecule has 0 aromatic carbocycles. The second-order valence-electron chi connectivity index (χ2n) is 12.1. The van der Waals surface area contributed by atoms with Gasteiger partial charge >= 0.3 is 6.09 Å². The summed E-state index contributed by atoms with van der Waals surface area (Å²) < 4.78 is 12.9. The topological polar surface area (TPSA) is 204 Å². The molecule has 1 amide bonds. The zero-order valence-electron chi connectivity index (χ0n) is 27.9. The van der Waals surface area contributed by atoms with Crippen molar-refractivity contribution >= 4 is 35.1 Å². The Hall–Kier alpha value is -4.86. The number of aromatic nitrogens is 7. The van der Waals surface area contributed by atoms with Crippen molar-refractivity contribution in [2.75, 3.05) is 57.0 Å². The van der Waals surface area contributed by atoms with Gasteiger partial charge in [-0.3, -0.25) is 4.79 Å². The van der Waals surface area contributed by atoms with E-state index in [9.17, 15) is 4.79 Å². The van der Waals surface area contributed by atoms with Crippen LogP contribution in [0.3, 0.4) is 0 Å². The maximum atomic E-state index is 12.0. The standard InChI is InChI=1S/C26H32N10O3.C4H11N.CH2O2/c1-5-38-25(37)35-10-8-34(9-11-35)16-12-28-23(29-13-16)17-20(33-39-21(17)15-6-7-15)19-18-22(27)30-14-31-24(18)36(32-19)26(2,3)4;1-3-4-5-2;2-1-3/h12-15H,5-11H2,1-4H3,(H2,27,30,31);5H,3-4H2,1-2H3;1H,(H,2,3). The van der Waals surface area contributed by atoms with Gasteiger partial charge in [0.05, 0.1) is 41.2 Å². The van der Waals surface area contributed by atoms with Gasteiger partial charge < -0.3 is 35.2 Å². The Morgan fingerprint density at radius 2 is 1.77 bits per heavy atom. The fraction of sp³-hybridized carbons (Fsp3) is 0.548. The molecule has 0 spiro atoms. The molecule has 16 heteroatoms. The number of nitrogen functional groups attached to an aromatic ring is 1. The fourth-order valence-electron chi connectivity index (χ4n) is 5.14. The number of nitrogens with zero attached hydrogens (tertiary/aromatic N) is 9. The summed E-state index contributed by atoms with van der Waals surface area (Å²) in [7, 11) is 1.96. The first-order chi connectivity index (χ1) is 22.6. The van der Waals surface area contributed by atoms with Gasteiger partial charge in [-0.05, 0) is 60.5 Å². The van der Waals surface area contributed by atoms with Crippen molar-refractivity contribution in [3.8, 4) is 22.8 Å². The van der Waals surface area contributed by atoms with E-state index >= 15 is 0 Å². The smallest absolute Gasteiger partial charge is 0.409 e. The van der Waals surface area contributed by atoms with Crippen molar-refractivity contribution in [3.05, 3.63) is 24.5 Å². The van der Waals surface area contributed by atoms with Crippen molar-refractivity contribution in [2.45, 2.75) is 65.3 Å². The molecule has 0 atom stereocenters. The van der Waals surface area contributed by atoms with Crippen LogP contribution in [0.2, 0.25) is 0 Å². The Labute approximate surface area is 273 Å². The van der Waals surface area contributed by atoms with Crippen LogP contribution in [0.25, 0.3) is 33.8 Å². The van der Waals surface area contributed by atoms with Crippen molar-refractivity contribution in [1.29, 1.82) is 0 Å². The van der Waals surface area contributed by atoms with Gasteiger partial charge in [0.25, 0.3) is 6.47 Å². The molecule has 4 N–H and O–H groups in total. The Balaban J connectivity index is 0.000000564. The molecule has 5 heterocycles. The van der Waals surface area contributed by atoms with Crippen molar-refractivity contribution in [3.63, 3.8) is 0 Å². The normalized spacial score (nSPS) is 14.6. The number of rotatable bonds is 7. The van der Waals surface area contributed by atoms with Gasteiger partial charge in [-0.15, -0.1) is 0 Å². The van der Waals surface area contributed by atoms with Gasteiger partial charge in [0, 0.05) is 32.1 Å². The molecule has 254 valence electrons. The van der Waals surface area contributed by atoms with Crippen LogP contribution >= 0.6 is 0 Å². The number of hydrogen-bond donors (Lipinski definition) is 3. The van der Waals surface area contributed by atoms with Crippen molar-refractivity contribution in [1.82, 2.24) is 45.1 Å². The molecule has 1 saturated heterocycles. The highest BCUT2D eigenvalue weighted by Gasteiger charge is 2.36. The molecule has 1 aliphatic carbocycles. The average molecular weight is 652 g/mol. The van der Waals surface area contributed by atoms with E-state index in [-0.39, 0.29) is 24.0 Å². The lowest BCUT2D eigenvalue weighted by Crippen LogP contribution is -2.49. The summed E-state index contributed by atoms with van der Waals surface area (Å²) in [5.74, 6) is 1.86. The number of amides is 1. The lowest BCUT2D eigenvalue weighted by atomic mass is 10.1. The summed E-state index contributed by atoms with van der Waals surface area (Å²) in [6.07, 6.45) is 8.05. The number of piperazine rings is 1. The highest BCUT2D eigenvalue weighted by Crippen LogP contribution is 2.48. The maximum Gasteiger partial charge on any atom is 0.409 e. The molecule has 6 rings (SSSR count). The number of carboxylic acid groups (broad SMARTS) is 1. The Bertz CT molecular complexity index is 1620. The second kappa shape index (κ2) is 15.6. The van der Waals surface area contributed by atoms with Crippen LogP contribution in [0.4, 0.5) is 16.3 Å². The van der Waals surface area contributed by atoms with E-state index < -0.39 is 0 Å². The summed E-state index contributed by atoms with van der Waals surface area (Å²) >= 11 is 0. The first kappa shape index (κ1) is 35.0. The van der Waals surface area contributed by atoms with Gasteiger partial charge in [-0.2, -0.15) is 5.10 Å². The van der Waals surface area contributed by atoms with Crippen LogP contribution in [0.5, 0.6) is 0 Å². The minimum atomic E-state index is -0.351. The predicted molar refractivity (Wildman–Crippen MR) is 177 cm³/mol. The largest absolute Gasteiger partial charge is 0.483 e. The zero-order valence-corrected chi connectivity index (χ0v) is 27.9. The third kappa shape index (κ3) is 8.11. The van der Waals surface area contributed by atoms with Crippen LogP contribution < -0.4 is 16.0 Å². The van der Waals surface area contributed by atoms with E-state index in [0.29, 0.717) is 66.8 Å². The zero-order chi connectivity index (χ0) is 34.1. The van der Waals surface area contributed by atoms with E-state index in [1.807, 2.05) is 18.7 Å². The summed E-state index contributed by atoms with van der Waals surface area (Å²) in [4.78, 5) is 42.5. The highest BCUT2D eigenvalue weighted by molar-refractivity contribution is 6.00. The van der Waals surface area contributed by atoms with Crippen LogP contribution in [0, 0.1) is 0 Å². The van der Waals surface area contributed by atoms with Gasteiger partial charge in [0.1, 0.15) is 23.5 Å². The summed E-state index contributed by atoms with van der Waals surface area (Å²) in [5, 5.41) is 19.9. The van der Waals surface area contributed by atoms with Crippen molar-refractivity contribution < 1.29 is 24.0 Å². The number of nitrogens with one attached hydrogen (secondary N) is 1. The molecule has 0 bridgehead atoms. The van der Waals surface area contributed by atoms with E-state index in [4.69, 9.17) is 40.0 Å². The van der Waals surface area contributed by atoms with Crippen LogP contribution in [-0.4, -0.2) is 104 Å². The summed E-state index contributed by atoms with van der Waals surface area (Å²) in [6.45, 7) is 13.9. The molecule has 16 nitrogen and oxygen atoms in total. The third-order valence-electron chi connectivity index (χ3n) is 7.55. The summed E-state index contributed by atoms with van der Waals surface area (Å²) in [6, 6.07) is 0. The average Bonchev–Trinajstić information content (AvgIpc) is 3.67. The van der Waals surface area contributed by atoms with Crippen molar-refractivity contribution in [2.24, 2.45) is 0 Å². The van der Waals surface area contributed by atoms with Gasteiger partial charge in [0.2, 0.25) is 0 Å². The maximum absolute atomic E-state index is 12.0. The number of anilines is 2. The SMILES string of the molecule is CCCNC.CCOC(=O)N1CCN(c2cnc(-c3c(-c4nn(C(C)(C)C)c5ncnc(N)c45)noc3C3CC3)nc2)CC1.O=CO. The lowest BCUT2D eigenvalue weighted by Gasteiger charge is -2.35. The van der Waals surface area contributed by atoms with Crippen LogP contribution in [0.15, 0.2) is 23.2 Å². The molecular formula is C31H45N11O5. The lowest BCUT2D eigenvalue weighted by molar-refractivity contribution is -0.122. The quantitative estimate of drug-likeness (QED) is 0.244. The van der Waals surface area contributed by atoms with Gasteiger partial charge in [-0.25, -0.2) is 29.4 Å². The number of ether oxygens (including phenoxy) is 1. The minimum absolute atomic E-state index is 0.250. The first-order valence-electron chi connectivity index (χ1n) is 15.8. The Morgan fingerprint density at radius 1 is 1.11 bits per heavy atom. The number of hydrogen-bond acceptors (Lipinski definition) is 13. The van der Waals surface area contributed by atoms with E-state index in [0.717, 1.165) is 36.4 Å². The molecule has 0 radical (unpaired) electrons. The molecule has 1 saturated carbocycles. The first-order valence-corrected chi connectivity index (χ1v) is 15.8. The molecule has 2 aliphatic rings. The van der Waals surface area contributed by atoms with Gasteiger partial charge in [-0.1, -0.05) is 12.1 Å². The van der Waals surface area contributed by atoms with E-state index in [1.54, 1.807) is 17.3 Å². The minimum Gasteiger partial charge on any atom is -0.483 e. The predicted octanol–water partition coefficient (Wildman–Crippen LogP) is 3.75. The second-order valence-corrected chi connectivity index (χ2v) is 12.1. The fourth-order valence-corrected chi connectivity index (χ4v) is 5.14. The molecule has 47 heavy (non-hydrogen) atoms. The number of nitrogens with two attached hydrogens (primary N) is 1. The molecule has 2 fully saturated rings.